The molecule has 3 rings (SSSR count). The van der Waals surface area contributed by atoms with Crippen LogP contribution in [0.5, 0.6) is 0 Å². The number of hydrogen-bond acceptors (Lipinski definition) is 2. The van der Waals surface area contributed by atoms with E-state index < -0.39 is 0 Å². The van der Waals surface area contributed by atoms with Gasteiger partial charge < -0.3 is 10.2 Å². The molecular weight excluding hydrogens is 312 g/mol. The minimum atomic E-state index is -0.104. The molecule has 4 nitrogen and oxygen atoms in total. The van der Waals surface area contributed by atoms with E-state index in [9.17, 15) is 9.59 Å². The standard InChI is InChI=1S/C21H24N2O2/c1-3-4-13-23-19-11-10-17(14-16(19)9-12-20(23)24)22-21(25)18-8-6-5-7-15(18)2/h5-8,10-11,14H,3-4,9,12-13H2,1-2H3,(H,22,25). The van der Waals surface area contributed by atoms with Crippen LogP contribution in [-0.2, 0) is 11.2 Å². The first-order valence-corrected chi connectivity index (χ1v) is 8.90. The second-order valence-corrected chi connectivity index (χ2v) is 6.51. The van der Waals surface area contributed by atoms with E-state index in [-0.39, 0.29) is 11.8 Å². The van der Waals surface area contributed by atoms with Crippen molar-refractivity contribution in [3.63, 3.8) is 0 Å². The number of nitrogens with one attached hydrogen (secondary N) is 1. The van der Waals surface area contributed by atoms with Crippen LogP contribution in [0, 0.1) is 6.92 Å². The summed E-state index contributed by atoms with van der Waals surface area (Å²) < 4.78 is 0. The Morgan fingerprint density at radius 1 is 1.16 bits per heavy atom. The lowest BCUT2D eigenvalue weighted by molar-refractivity contribution is -0.118. The zero-order chi connectivity index (χ0) is 17.8. The van der Waals surface area contributed by atoms with Crippen molar-refractivity contribution in [3.05, 3.63) is 59.2 Å². The molecule has 2 amide bonds. The highest BCUT2D eigenvalue weighted by Gasteiger charge is 2.24. The number of unbranched alkanes of at least 4 members (excludes halogenated alkanes) is 1. The molecule has 2 aromatic carbocycles. The van der Waals surface area contributed by atoms with Gasteiger partial charge in [-0.3, -0.25) is 9.59 Å². The number of fused-ring (bicyclic) bond motifs is 1. The van der Waals surface area contributed by atoms with Crippen LogP contribution >= 0.6 is 0 Å². The summed E-state index contributed by atoms with van der Waals surface area (Å²) in [5.74, 6) is 0.0884. The van der Waals surface area contributed by atoms with Gasteiger partial charge in [-0.1, -0.05) is 31.5 Å². The predicted octanol–water partition coefficient (Wildman–Crippen LogP) is 4.33. The summed E-state index contributed by atoms with van der Waals surface area (Å²) in [4.78, 5) is 26.6. The first-order chi connectivity index (χ1) is 12.1. The smallest absolute Gasteiger partial charge is 0.255 e. The Morgan fingerprint density at radius 3 is 2.72 bits per heavy atom. The Labute approximate surface area is 148 Å². The SMILES string of the molecule is CCCCN1C(=O)CCc2cc(NC(=O)c3ccccc3C)ccc21. The monoisotopic (exact) mass is 336 g/mol. The lowest BCUT2D eigenvalue weighted by atomic mass is 10.00. The van der Waals surface area contributed by atoms with Crippen molar-refractivity contribution >= 4 is 23.2 Å². The molecule has 0 unspecified atom stereocenters. The first-order valence-electron chi connectivity index (χ1n) is 8.90. The predicted molar refractivity (Wildman–Crippen MR) is 101 cm³/mol. The fourth-order valence-corrected chi connectivity index (χ4v) is 3.23. The van der Waals surface area contributed by atoms with Crippen molar-refractivity contribution < 1.29 is 9.59 Å². The van der Waals surface area contributed by atoms with Crippen LogP contribution in [-0.4, -0.2) is 18.4 Å². The summed E-state index contributed by atoms with van der Waals surface area (Å²) >= 11 is 0. The quantitative estimate of drug-likeness (QED) is 0.883. The molecule has 0 saturated carbocycles. The molecule has 0 fully saturated rings. The van der Waals surface area contributed by atoms with Crippen LogP contribution in [0.4, 0.5) is 11.4 Å². The van der Waals surface area contributed by atoms with Crippen LogP contribution in [0.3, 0.4) is 0 Å². The third kappa shape index (κ3) is 3.73. The summed E-state index contributed by atoms with van der Waals surface area (Å²) in [7, 11) is 0. The molecule has 0 aliphatic carbocycles. The zero-order valence-electron chi connectivity index (χ0n) is 14.8. The Bertz CT molecular complexity index is 798. The number of benzene rings is 2. The van der Waals surface area contributed by atoms with Crippen molar-refractivity contribution in [1.82, 2.24) is 0 Å². The highest BCUT2D eigenvalue weighted by molar-refractivity contribution is 6.05. The minimum absolute atomic E-state index is 0.104. The van der Waals surface area contributed by atoms with Gasteiger partial charge in [-0.15, -0.1) is 0 Å². The molecular formula is C21H24N2O2. The number of rotatable bonds is 5. The third-order valence-corrected chi connectivity index (χ3v) is 4.66. The molecule has 1 N–H and O–H groups in total. The topological polar surface area (TPSA) is 49.4 Å². The molecule has 1 aliphatic rings. The maximum atomic E-state index is 12.5. The van der Waals surface area contributed by atoms with Gasteiger partial charge in [0.15, 0.2) is 0 Å². The van der Waals surface area contributed by atoms with Crippen molar-refractivity contribution in [1.29, 1.82) is 0 Å². The average molecular weight is 336 g/mol. The van der Waals surface area contributed by atoms with Crippen molar-refractivity contribution in [2.45, 2.75) is 39.5 Å². The molecule has 0 bridgehead atoms. The molecule has 0 spiro atoms. The number of aryl methyl sites for hydroxylation is 2. The van der Waals surface area contributed by atoms with Gasteiger partial charge in [-0.2, -0.15) is 0 Å². The van der Waals surface area contributed by atoms with E-state index in [1.54, 1.807) is 0 Å². The van der Waals surface area contributed by atoms with Crippen LogP contribution in [0.2, 0.25) is 0 Å². The summed E-state index contributed by atoms with van der Waals surface area (Å²) in [5, 5.41) is 2.98. The Kier molecular flexibility index (Phi) is 5.17. The minimum Gasteiger partial charge on any atom is -0.322 e. The highest BCUT2D eigenvalue weighted by atomic mass is 16.2. The summed E-state index contributed by atoms with van der Waals surface area (Å²) in [5.41, 5.74) is 4.52. The molecule has 0 atom stereocenters. The molecule has 25 heavy (non-hydrogen) atoms. The van der Waals surface area contributed by atoms with Gasteiger partial charge in [0.2, 0.25) is 5.91 Å². The van der Waals surface area contributed by atoms with Crippen molar-refractivity contribution in [2.24, 2.45) is 0 Å². The van der Waals surface area contributed by atoms with E-state index >= 15 is 0 Å². The van der Waals surface area contributed by atoms with Crippen molar-refractivity contribution in [3.8, 4) is 0 Å². The van der Waals surface area contributed by atoms with Crippen LogP contribution in [0.15, 0.2) is 42.5 Å². The normalized spacial score (nSPS) is 13.5. The highest BCUT2D eigenvalue weighted by Crippen LogP contribution is 2.30. The first kappa shape index (κ1) is 17.2. The number of amides is 2. The largest absolute Gasteiger partial charge is 0.322 e. The molecule has 0 radical (unpaired) electrons. The lowest BCUT2D eigenvalue weighted by Crippen LogP contribution is -2.35. The molecule has 4 heteroatoms. The maximum absolute atomic E-state index is 12.5. The average Bonchev–Trinajstić information content (AvgIpc) is 2.61. The van der Waals surface area contributed by atoms with E-state index in [4.69, 9.17) is 0 Å². The number of carbonyl (C=O) groups excluding carboxylic acids is 2. The van der Waals surface area contributed by atoms with Gasteiger partial charge in [-0.25, -0.2) is 0 Å². The van der Waals surface area contributed by atoms with Gasteiger partial charge in [-0.05, 0) is 55.2 Å². The second-order valence-electron chi connectivity index (χ2n) is 6.51. The number of carbonyl (C=O) groups is 2. The summed E-state index contributed by atoms with van der Waals surface area (Å²) in [6.07, 6.45) is 3.32. The number of hydrogen-bond donors (Lipinski definition) is 1. The Hall–Kier alpha value is -2.62. The van der Waals surface area contributed by atoms with Gasteiger partial charge in [0.1, 0.15) is 0 Å². The van der Waals surface area contributed by atoms with Gasteiger partial charge >= 0.3 is 0 Å². The molecule has 2 aromatic rings. The van der Waals surface area contributed by atoms with E-state index in [0.717, 1.165) is 48.3 Å². The fraction of sp³-hybridized carbons (Fsp3) is 0.333. The van der Waals surface area contributed by atoms with Gasteiger partial charge in [0.25, 0.3) is 5.91 Å². The molecule has 1 heterocycles. The van der Waals surface area contributed by atoms with Crippen molar-refractivity contribution in [2.75, 3.05) is 16.8 Å². The molecule has 1 aliphatic heterocycles. The van der Waals surface area contributed by atoms with Crippen LogP contribution in [0.1, 0.15) is 47.7 Å². The lowest BCUT2D eigenvalue weighted by Gasteiger charge is -2.29. The fourth-order valence-electron chi connectivity index (χ4n) is 3.23. The van der Waals surface area contributed by atoms with Crippen LogP contribution < -0.4 is 10.2 Å². The zero-order valence-corrected chi connectivity index (χ0v) is 14.8. The van der Waals surface area contributed by atoms with Gasteiger partial charge in [0.05, 0.1) is 0 Å². The molecule has 0 saturated heterocycles. The van der Waals surface area contributed by atoms with Crippen LogP contribution in [0.25, 0.3) is 0 Å². The van der Waals surface area contributed by atoms with Gasteiger partial charge in [0, 0.05) is 29.9 Å². The van der Waals surface area contributed by atoms with E-state index in [0.29, 0.717) is 12.0 Å². The third-order valence-electron chi connectivity index (χ3n) is 4.66. The Morgan fingerprint density at radius 2 is 1.96 bits per heavy atom. The second kappa shape index (κ2) is 7.51. The molecule has 0 aromatic heterocycles. The summed E-state index contributed by atoms with van der Waals surface area (Å²) in [6, 6.07) is 13.4. The maximum Gasteiger partial charge on any atom is 0.255 e. The van der Waals surface area contributed by atoms with E-state index in [1.807, 2.05) is 54.3 Å². The molecule has 130 valence electrons. The number of anilines is 2. The Balaban J connectivity index is 1.80. The van der Waals surface area contributed by atoms with E-state index in [2.05, 4.69) is 12.2 Å². The summed E-state index contributed by atoms with van der Waals surface area (Å²) in [6.45, 7) is 4.82. The number of nitrogens with zero attached hydrogens (tertiary/aromatic N) is 1. The van der Waals surface area contributed by atoms with E-state index in [1.165, 1.54) is 0 Å².